The first kappa shape index (κ1) is 22.6. The average molecular weight is 521 g/mol. The van der Waals surface area contributed by atoms with E-state index in [9.17, 15) is 9.59 Å². The van der Waals surface area contributed by atoms with Gasteiger partial charge in [-0.15, -0.1) is 0 Å². The number of nitrogens with one attached hydrogen (secondary N) is 1. The first-order valence-electron chi connectivity index (χ1n) is 9.10. The molecular weight excluding hydrogens is 509 g/mol. The quantitative estimate of drug-likeness (QED) is 0.261. The average Bonchev–Trinajstić information content (AvgIpc) is 2.74. The second-order valence-corrected chi connectivity index (χ2v) is 8.72. The summed E-state index contributed by atoms with van der Waals surface area (Å²) >= 11 is 29.1. The van der Waals surface area contributed by atoms with Crippen LogP contribution in [0.1, 0.15) is 5.56 Å². The molecule has 0 radical (unpaired) electrons. The fraction of sp³-hybridized carbons (Fsp3) is 0. The minimum Gasteiger partial charge on any atom is -0.306 e. The van der Waals surface area contributed by atoms with Crippen molar-refractivity contribution in [3.63, 3.8) is 0 Å². The van der Waals surface area contributed by atoms with E-state index in [1.165, 1.54) is 11.0 Å². The van der Waals surface area contributed by atoms with Crippen molar-refractivity contribution in [2.75, 3.05) is 4.90 Å². The zero-order valence-electron chi connectivity index (χ0n) is 16.0. The van der Waals surface area contributed by atoms with E-state index >= 15 is 0 Å². The first-order chi connectivity index (χ1) is 15.3. The van der Waals surface area contributed by atoms with E-state index < -0.39 is 11.8 Å². The summed E-state index contributed by atoms with van der Waals surface area (Å²) in [6.07, 6.45) is 3.17. The third-order valence-electron chi connectivity index (χ3n) is 4.63. The standard InChI is InChI=1S/C22H12Cl3N3O2S2/c23-13-3-6-15(7-4-13)28-20(30)16(19(29)26-22(28)32)10-12-2-1-9-27(21(12)31)18-8-5-14(24)11-17(18)25/h1-11H,(H,26,29,32)/b16-10+. The lowest BCUT2D eigenvalue weighted by Gasteiger charge is -2.29. The molecule has 0 atom stereocenters. The molecule has 0 bridgehead atoms. The van der Waals surface area contributed by atoms with E-state index in [1.54, 1.807) is 65.4 Å². The van der Waals surface area contributed by atoms with Gasteiger partial charge in [0.2, 0.25) is 0 Å². The largest absolute Gasteiger partial charge is 0.306 e. The summed E-state index contributed by atoms with van der Waals surface area (Å²) in [7, 11) is 0. The van der Waals surface area contributed by atoms with Gasteiger partial charge < -0.3 is 4.57 Å². The van der Waals surface area contributed by atoms with Gasteiger partial charge >= 0.3 is 0 Å². The van der Waals surface area contributed by atoms with Crippen molar-refractivity contribution in [2.45, 2.75) is 0 Å². The highest BCUT2D eigenvalue weighted by Gasteiger charge is 2.34. The van der Waals surface area contributed by atoms with Crippen molar-refractivity contribution in [3.8, 4) is 5.69 Å². The van der Waals surface area contributed by atoms with Gasteiger partial charge in [0, 0.05) is 21.8 Å². The van der Waals surface area contributed by atoms with Gasteiger partial charge in [-0.25, -0.2) is 0 Å². The third kappa shape index (κ3) is 4.35. The zero-order valence-corrected chi connectivity index (χ0v) is 19.9. The summed E-state index contributed by atoms with van der Waals surface area (Å²) in [6.45, 7) is 0. The Morgan fingerprint density at radius 1 is 0.906 bits per heavy atom. The molecule has 160 valence electrons. The fourth-order valence-corrected chi connectivity index (χ4v) is 4.32. The molecule has 0 aliphatic carbocycles. The molecule has 2 heterocycles. The molecule has 5 nitrogen and oxygen atoms in total. The first-order valence-corrected chi connectivity index (χ1v) is 11.1. The van der Waals surface area contributed by atoms with E-state index in [0.29, 0.717) is 36.6 Å². The second-order valence-electron chi connectivity index (χ2n) is 6.67. The summed E-state index contributed by atoms with van der Waals surface area (Å²) in [4.78, 5) is 27.0. The molecule has 1 aliphatic rings. The van der Waals surface area contributed by atoms with Crippen LogP contribution in [0.5, 0.6) is 0 Å². The number of thiocarbonyl (C=S) groups is 1. The SMILES string of the molecule is O=C1NC(=S)N(c2ccc(Cl)cc2)C(=O)/C1=C/c1cccn(-c2ccc(Cl)cc2Cl)c1=S. The molecule has 1 aliphatic heterocycles. The van der Waals surface area contributed by atoms with E-state index in [0.717, 1.165) is 0 Å². The Kier molecular flexibility index (Phi) is 6.46. The van der Waals surface area contributed by atoms with Gasteiger partial charge in [0.05, 0.1) is 16.4 Å². The van der Waals surface area contributed by atoms with Gasteiger partial charge in [-0.05, 0) is 66.8 Å². The molecule has 1 fully saturated rings. The maximum Gasteiger partial charge on any atom is 0.270 e. The molecule has 1 saturated heterocycles. The van der Waals surface area contributed by atoms with E-state index in [4.69, 9.17) is 59.2 Å². The number of pyridine rings is 1. The van der Waals surface area contributed by atoms with Crippen molar-refractivity contribution >= 4 is 87.9 Å². The van der Waals surface area contributed by atoms with Crippen LogP contribution in [0.2, 0.25) is 15.1 Å². The number of carbonyl (C=O) groups excluding carboxylic acids is 2. The molecule has 1 N–H and O–H groups in total. The smallest absolute Gasteiger partial charge is 0.270 e. The van der Waals surface area contributed by atoms with Crippen LogP contribution >= 0.6 is 59.2 Å². The van der Waals surface area contributed by atoms with Crippen LogP contribution in [0.4, 0.5) is 5.69 Å². The normalized spacial score (nSPS) is 15.3. The maximum atomic E-state index is 13.2. The van der Waals surface area contributed by atoms with Crippen LogP contribution in [-0.2, 0) is 9.59 Å². The highest BCUT2D eigenvalue weighted by atomic mass is 35.5. The van der Waals surface area contributed by atoms with Gasteiger partial charge in [-0.3, -0.25) is 19.8 Å². The van der Waals surface area contributed by atoms with E-state index in [-0.39, 0.29) is 10.7 Å². The van der Waals surface area contributed by atoms with Crippen LogP contribution in [0.25, 0.3) is 11.8 Å². The minimum atomic E-state index is -0.612. The summed E-state index contributed by atoms with van der Waals surface area (Å²) < 4.78 is 2.03. The minimum absolute atomic E-state index is 0.0193. The lowest BCUT2D eigenvalue weighted by atomic mass is 10.1. The van der Waals surface area contributed by atoms with Crippen molar-refractivity contribution in [1.29, 1.82) is 0 Å². The lowest BCUT2D eigenvalue weighted by molar-refractivity contribution is -0.122. The molecule has 0 unspecified atom stereocenters. The van der Waals surface area contributed by atoms with Crippen LogP contribution in [0.15, 0.2) is 66.4 Å². The Bertz CT molecular complexity index is 1370. The number of hydrogen-bond acceptors (Lipinski definition) is 4. The fourth-order valence-electron chi connectivity index (χ4n) is 3.12. The highest BCUT2D eigenvalue weighted by molar-refractivity contribution is 7.80. The summed E-state index contributed by atoms with van der Waals surface area (Å²) in [5, 5.41) is 3.93. The van der Waals surface area contributed by atoms with Crippen LogP contribution in [-0.4, -0.2) is 21.5 Å². The third-order valence-corrected chi connectivity index (χ3v) is 6.14. The molecule has 2 amide bonds. The van der Waals surface area contributed by atoms with Crippen molar-refractivity contribution < 1.29 is 9.59 Å². The van der Waals surface area contributed by atoms with E-state index in [1.807, 2.05) is 0 Å². The summed E-state index contributed by atoms with van der Waals surface area (Å²) in [5.41, 5.74) is 1.46. The Hall–Kier alpha value is -2.55. The Morgan fingerprint density at radius 3 is 2.28 bits per heavy atom. The van der Waals surface area contributed by atoms with Gasteiger partial charge in [0.15, 0.2) is 5.11 Å². The maximum absolute atomic E-state index is 13.2. The topological polar surface area (TPSA) is 54.3 Å². The molecule has 1 aromatic heterocycles. The Balaban J connectivity index is 1.78. The number of nitrogens with zero attached hydrogens (tertiary/aromatic N) is 2. The molecular formula is C22H12Cl3N3O2S2. The van der Waals surface area contributed by atoms with Crippen LogP contribution < -0.4 is 10.2 Å². The van der Waals surface area contributed by atoms with Gasteiger partial charge in [-0.1, -0.05) is 53.1 Å². The Labute approximate surface area is 208 Å². The molecule has 0 saturated carbocycles. The summed E-state index contributed by atoms with van der Waals surface area (Å²) in [6, 6.07) is 15.0. The number of aromatic nitrogens is 1. The predicted octanol–water partition coefficient (Wildman–Crippen LogP) is 6.00. The molecule has 3 aromatic rings. The molecule has 32 heavy (non-hydrogen) atoms. The lowest BCUT2D eigenvalue weighted by Crippen LogP contribution is -2.54. The van der Waals surface area contributed by atoms with Crippen LogP contribution in [0, 0.1) is 4.64 Å². The van der Waals surface area contributed by atoms with Crippen LogP contribution in [0.3, 0.4) is 0 Å². The number of rotatable bonds is 3. The van der Waals surface area contributed by atoms with Gasteiger partial charge in [0.25, 0.3) is 11.8 Å². The number of hydrogen-bond donors (Lipinski definition) is 1. The second kappa shape index (κ2) is 9.13. The molecule has 4 rings (SSSR count). The number of amides is 2. The zero-order chi connectivity index (χ0) is 23.0. The predicted molar refractivity (Wildman–Crippen MR) is 134 cm³/mol. The monoisotopic (exact) mass is 519 g/mol. The van der Waals surface area contributed by atoms with Gasteiger partial charge in [0.1, 0.15) is 10.2 Å². The van der Waals surface area contributed by atoms with E-state index in [2.05, 4.69) is 5.32 Å². The van der Waals surface area contributed by atoms with Crippen molar-refractivity contribution in [1.82, 2.24) is 9.88 Å². The van der Waals surface area contributed by atoms with Gasteiger partial charge in [-0.2, -0.15) is 0 Å². The van der Waals surface area contributed by atoms with Crippen molar-refractivity contribution in [3.05, 3.63) is 91.6 Å². The van der Waals surface area contributed by atoms with Crippen molar-refractivity contribution in [2.24, 2.45) is 0 Å². The summed E-state index contributed by atoms with van der Waals surface area (Å²) in [5.74, 6) is -1.19. The number of carbonyl (C=O) groups is 2. The molecule has 2 aromatic carbocycles. The highest BCUT2D eigenvalue weighted by Crippen LogP contribution is 2.27. The molecule has 10 heteroatoms. The Morgan fingerprint density at radius 2 is 1.59 bits per heavy atom. The number of anilines is 1. The number of halogens is 3. The number of benzene rings is 2. The molecule has 0 spiro atoms.